The Morgan fingerprint density at radius 1 is 0.950 bits per heavy atom. The Balaban J connectivity index is 1.64. The third kappa shape index (κ3) is 7.94. The third-order valence-corrected chi connectivity index (χ3v) is 7.53. The summed E-state index contributed by atoms with van der Waals surface area (Å²) in [5.74, 6) is -0.147. The number of thioether (sulfide) groups is 1. The van der Waals surface area contributed by atoms with E-state index in [9.17, 15) is 22.8 Å². The normalized spacial score (nSPS) is 13.6. The van der Waals surface area contributed by atoms with E-state index in [0.717, 1.165) is 48.7 Å². The lowest BCUT2D eigenvalue weighted by molar-refractivity contribution is -0.274. The van der Waals surface area contributed by atoms with Crippen LogP contribution in [0, 0.1) is 0 Å². The molecule has 0 bridgehead atoms. The molecular weight excluding hydrogens is 541 g/mol. The number of alkyl halides is 3. The fourth-order valence-corrected chi connectivity index (χ4v) is 5.53. The largest absolute Gasteiger partial charge is 0.573 e. The molecule has 1 saturated heterocycles. The van der Waals surface area contributed by atoms with Crippen molar-refractivity contribution in [2.24, 2.45) is 0 Å². The van der Waals surface area contributed by atoms with E-state index in [0.29, 0.717) is 24.2 Å². The van der Waals surface area contributed by atoms with Crippen molar-refractivity contribution in [3.8, 4) is 16.9 Å². The van der Waals surface area contributed by atoms with Gasteiger partial charge in [-0.2, -0.15) is 11.8 Å². The highest BCUT2D eigenvalue weighted by Gasteiger charge is 2.31. The number of unbranched alkanes of at least 4 members (excludes halogenated alkanes) is 1. The van der Waals surface area contributed by atoms with Gasteiger partial charge in [0, 0.05) is 48.1 Å². The molecule has 0 atom stereocenters. The second-order valence-electron chi connectivity index (χ2n) is 9.26. The number of rotatable bonds is 9. The van der Waals surface area contributed by atoms with Crippen molar-refractivity contribution < 1.29 is 32.2 Å². The van der Waals surface area contributed by atoms with Gasteiger partial charge in [-0.3, -0.25) is 4.79 Å². The van der Waals surface area contributed by atoms with Gasteiger partial charge in [-0.25, -0.2) is 4.79 Å². The zero-order chi connectivity index (χ0) is 28.5. The smallest absolute Gasteiger partial charge is 0.462 e. The summed E-state index contributed by atoms with van der Waals surface area (Å²) in [5, 5.41) is 0. The van der Waals surface area contributed by atoms with E-state index in [1.807, 2.05) is 54.2 Å². The van der Waals surface area contributed by atoms with Crippen LogP contribution in [-0.4, -0.2) is 56.5 Å². The quantitative estimate of drug-likeness (QED) is 0.170. The molecule has 0 spiro atoms. The van der Waals surface area contributed by atoms with Gasteiger partial charge in [0.15, 0.2) is 0 Å². The Morgan fingerprint density at radius 2 is 1.65 bits per heavy atom. The van der Waals surface area contributed by atoms with Gasteiger partial charge in [-0.05, 0) is 60.7 Å². The van der Waals surface area contributed by atoms with Crippen LogP contribution >= 0.6 is 11.8 Å². The van der Waals surface area contributed by atoms with Gasteiger partial charge in [0.1, 0.15) is 5.75 Å². The van der Waals surface area contributed by atoms with Crippen LogP contribution in [-0.2, 0) is 20.7 Å². The van der Waals surface area contributed by atoms with Gasteiger partial charge in [0.2, 0.25) is 0 Å². The molecule has 1 aliphatic rings. The molecule has 6 nitrogen and oxygen atoms in total. The number of esters is 1. The number of carbonyl (C=O) groups is 2. The van der Waals surface area contributed by atoms with E-state index in [2.05, 4.69) is 9.64 Å². The molecule has 0 aliphatic carbocycles. The molecular formula is C30H31F3N2O4S. The van der Waals surface area contributed by atoms with E-state index in [1.165, 1.54) is 29.7 Å². The van der Waals surface area contributed by atoms with Crippen molar-refractivity contribution in [3.05, 3.63) is 78.4 Å². The van der Waals surface area contributed by atoms with Gasteiger partial charge in [-0.1, -0.05) is 42.5 Å². The number of amides is 1. The van der Waals surface area contributed by atoms with Crippen LogP contribution < -0.4 is 14.5 Å². The molecule has 0 saturated carbocycles. The average Bonchev–Trinajstić information content (AvgIpc) is 2.97. The summed E-state index contributed by atoms with van der Waals surface area (Å²) in [6.45, 7) is 1.94. The van der Waals surface area contributed by atoms with E-state index >= 15 is 0 Å². The standard InChI is InChI=1S/C30H31F3N2O4S/c1-38-29(37)28(36)35(16-6-5-9-22-7-3-2-4-8-22)24-12-15-27(34-17-19-40-20-18-34)26(21-24)23-10-13-25(14-11-23)39-30(31,32)33/h2-4,7-8,10-15,21H,5-6,9,16-20H2,1H3. The maximum absolute atomic E-state index is 13.1. The predicted molar refractivity (Wildman–Crippen MR) is 152 cm³/mol. The van der Waals surface area contributed by atoms with E-state index < -0.39 is 18.2 Å². The van der Waals surface area contributed by atoms with Gasteiger partial charge >= 0.3 is 18.2 Å². The lowest BCUT2D eigenvalue weighted by atomic mass is 10.0. The minimum atomic E-state index is -4.78. The van der Waals surface area contributed by atoms with Crippen molar-refractivity contribution in [2.75, 3.05) is 48.0 Å². The zero-order valence-corrected chi connectivity index (χ0v) is 23.0. The number of carbonyl (C=O) groups excluding carboxylic acids is 2. The Labute approximate surface area is 236 Å². The number of benzene rings is 3. The van der Waals surface area contributed by atoms with Crippen LogP contribution in [0.4, 0.5) is 24.5 Å². The molecule has 1 aliphatic heterocycles. The molecule has 0 radical (unpaired) electrons. The van der Waals surface area contributed by atoms with Gasteiger partial charge < -0.3 is 19.3 Å². The first-order chi connectivity index (χ1) is 19.2. The van der Waals surface area contributed by atoms with Crippen LogP contribution in [0.1, 0.15) is 18.4 Å². The molecule has 212 valence electrons. The van der Waals surface area contributed by atoms with Crippen LogP contribution in [0.15, 0.2) is 72.8 Å². The summed E-state index contributed by atoms with van der Waals surface area (Å²) in [5.41, 5.74) is 4.02. The van der Waals surface area contributed by atoms with Crippen LogP contribution in [0.2, 0.25) is 0 Å². The molecule has 3 aromatic rings. The number of aryl methyl sites for hydroxylation is 1. The first kappa shape index (κ1) is 29.3. The molecule has 0 N–H and O–H groups in total. The summed E-state index contributed by atoms with van der Waals surface area (Å²) in [4.78, 5) is 29.0. The summed E-state index contributed by atoms with van der Waals surface area (Å²) >= 11 is 1.86. The van der Waals surface area contributed by atoms with Crippen LogP contribution in [0.25, 0.3) is 11.1 Å². The van der Waals surface area contributed by atoms with Gasteiger partial charge in [-0.15, -0.1) is 13.2 Å². The number of anilines is 2. The molecule has 0 unspecified atom stereocenters. The minimum absolute atomic E-state index is 0.304. The van der Waals surface area contributed by atoms with E-state index in [4.69, 9.17) is 4.74 Å². The molecule has 1 heterocycles. The molecule has 0 aromatic heterocycles. The molecule has 10 heteroatoms. The Morgan fingerprint density at radius 3 is 2.30 bits per heavy atom. The molecule has 40 heavy (non-hydrogen) atoms. The van der Waals surface area contributed by atoms with Crippen molar-refractivity contribution in [1.82, 2.24) is 0 Å². The van der Waals surface area contributed by atoms with Crippen molar-refractivity contribution in [2.45, 2.75) is 25.6 Å². The maximum atomic E-state index is 13.1. The lowest BCUT2D eigenvalue weighted by Crippen LogP contribution is -2.38. The number of hydrogen-bond donors (Lipinski definition) is 0. The van der Waals surface area contributed by atoms with E-state index in [-0.39, 0.29) is 5.75 Å². The summed E-state index contributed by atoms with van der Waals surface area (Å²) in [6.07, 6.45) is -2.48. The first-order valence-corrected chi connectivity index (χ1v) is 14.2. The second-order valence-corrected chi connectivity index (χ2v) is 10.5. The zero-order valence-electron chi connectivity index (χ0n) is 22.2. The maximum Gasteiger partial charge on any atom is 0.573 e. The second kappa shape index (κ2) is 13.6. The Bertz CT molecular complexity index is 1280. The number of methoxy groups -OCH3 is 1. The SMILES string of the molecule is COC(=O)C(=O)N(CCCCc1ccccc1)c1ccc(N2CCSCC2)c(-c2ccc(OC(F)(F)F)cc2)c1. The predicted octanol–water partition coefficient (Wildman–Crippen LogP) is 6.33. The van der Waals surface area contributed by atoms with Crippen molar-refractivity contribution in [3.63, 3.8) is 0 Å². The average molecular weight is 573 g/mol. The van der Waals surface area contributed by atoms with Gasteiger partial charge in [0.05, 0.1) is 7.11 Å². The molecule has 3 aromatic carbocycles. The van der Waals surface area contributed by atoms with Crippen molar-refractivity contribution in [1.29, 1.82) is 0 Å². The van der Waals surface area contributed by atoms with E-state index in [1.54, 1.807) is 18.2 Å². The highest BCUT2D eigenvalue weighted by Crippen LogP contribution is 2.37. The fraction of sp³-hybridized carbons (Fsp3) is 0.333. The number of hydrogen-bond acceptors (Lipinski definition) is 6. The number of ether oxygens (including phenoxy) is 2. The highest BCUT2D eigenvalue weighted by atomic mass is 32.2. The highest BCUT2D eigenvalue weighted by molar-refractivity contribution is 7.99. The number of nitrogens with zero attached hydrogens (tertiary/aromatic N) is 2. The van der Waals surface area contributed by atoms with Crippen LogP contribution in [0.3, 0.4) is 0 Å². The summed E-state index contributed by atoms with van der Waals surface area (Å²) < 4.78 is 46.9. The first-order valence-electron chi connectivity index (χ1n) is 13.0. The summed E-state index contributed by atoms with van der Waals surface area (Å²) in [7, 11) is 1.17. The minimum Gasteiger partial charge on any atom is -0.462 e. The molecule has 1 amide bonds. The fourth-order valence-electron chi connectivity index (χ4n) is 4.63. The van der Waals surface area contributed by atoms with Crippen molar-refractivity contribution >= 4 is 35.0 Å². The molecule has 4 rings (SSSR count). The monoisotopic (exact) mass is 572 g/mol. The Hall–Kier alpha value is -3.66. The molecule has 1 fully saturated rings. The topological polar surface area (TPSA) is 59.1 Å². The number of halogens is 3. The third-order valence-electron chi connectivity index (χ3n) is 6.59. The van der Waals surface area contributed by atoms with Gasteiger partial charge in [0.25, 0.3) is 0 Å². The van der Waals surface area contributed by atoms with Crippen LogP contribution in [0.5, 0.6) is 5.75 Å². The lowest BCUT2D eigenvalue weighted by Gasteiger charge is -2.31. The summed E-state index contributed by atoms with van der Waals surface area (Å²) in [6, 6.07) is 21.2. The Kier molecular flexibility index (Phi) is 9.98.